The largest absolute Gasteiger partial charge is 0.494 e. The van der Waals surface area contributed by atoms with Crippen LogP contribution >= 0.6 is 0 Å². The maximum absolute atomic E-state index is 9.34. The van der Waals surface area contributed by atoms with Crippen LogP contribution in [-0.4, -0.2) is 38.1 Å². The van der Waals surface area contributed by atoms with Crippen LogP contribution in [-0.2, 0) is 4.74 Å². The number of hydrogen-bond acceptors (Lipinski definition) is 4. The number of aryl methyl sites for hydroxylation is 1. The number of nitrogens with one attached hydrogen (secondary N) is 1. The molecule has 18 heavy (non-hydrogen) atoms. The van der Waals surface area contributed by atoms with Gasteiger partial charge in [0.05, 0.1) is 31.8 Å². The van der Waals surface area contributed by atoms with Crippen LogP contribution in [0.1, 0.15) is 12.5 Å². The molecule has 0 unspecified atom stereocenters. The van der Waals surface area contributed by atoms with Gasteiger partial charge in [0.15, 0.2) is 0 Å². The first-order chi connectivity index (χ1) is 8.69. The van der Waals surface area contributed by atoms with E-state index in [1.807, 2.05) is 26.0 Å². The van der Waals surface area contributed by atoms with E-state index < -0.39 is 0 Å². The molecule has 1 aromatic carbocycles. The molecule has 4 heteroatoms. The van der Waals surface area contributed by atoms with Crippen molar-refractivity contribution in [2.45, 2.75) is 13.8 Å². The second-order valence-electron chi connectivity index (χ2n) is 4.92. The first-order valence-corrected chi connectivity index (χ1v) is 6.35. The van der Waals surface area contributed by atoms with Crippen LogP contribution in [0.4, 0.5) is 5.69 Å². The third-order valence-electron chi connectivity index (χ3n) is 3.29. The van der Waals surface area contributed by atoms with Gasteiger partial charge < -0.3 is 19.9 Å². The molecule has 1 aromatic rings. The van der Waals surface area contributed by atoms with E-state index in [1.54, 1.807) is 0 Å². The minimum atomic E-state index is -0.105. The van der Waals surface area contributed by atoms with Gasteiger partial charge in [0, 0.05) is 12.2 Å². The quantitative estimate of drug-likeness (QED) is 0.809. The molecule has 0 saturated carbocycles. The molecular formula is C14H21NO3. The predicted octanol–water partition coefficient (Wildman–Crippen LogP) is 1.81. The zero-order chi connectivity index (χ0) is 13.0. The highest BCUT2D eigenvalue weighted by Gasteiger charge is 2.37. The van der Waals surface area contributed by atoms with Gasteiger partial charge in [-0.1, -0.05) is 0 Å². The lowest BCUT2D eigenvalue weighted by Crippen LogP contribution is -2.50. The Kier molecular flexibility index (Phi) is 4.09. The third-order valence-corrected chi connectivity index (χ3v) is 3.29. The van der Waals surface area contributed by atoms with Gasteiger partial charge in [-0.2, -0.15) is 0 Å². The molecule has 0 amide bonds. The smallest absolute Gasteiger partial charge is 0.122 e. The van der Waals surface area contributed by atoms with Crippen molar-refractivity contribution < 1.29 is 14.6 Å². The fraction of sp³-hybridized carbons (Fsp3) is 0.571. The number of benzene rings is 1. The summed E-state index contributed by atoms with van der Waals surface area (Å²) >= 11 is 0. The van der Waals surface area contributed by atoms with Crippen molar-refractivity contribution in [3.05, 3.63) is 23.8 Å². The van der Waals surface area contributed by atoms with Gasteiger partial charge >= 0.3 is 0 Å². The summed E-state index contributed by atoms with van der Waals surface area (Å²) in [4.78, 5) is 0. The maximum Gasteiger partial charge on any atom is 0.122 e. The van der Waals surface area contributed by atoms with Crippen molar-refractivity contribution in [3.8, 4) is 5.75 Å². The van der Waals surface area contributed by atoms with E-state index in [1.165, 1.54) is 0 Å². The molecule has 0 aliphatic carbocycles. The molecule has 1 heterocycles. The van der Waals surface area contributed by atoms with Crippen LogP contribution in [0.3, 0.4) is 0 Å². The average molecular weight is 251 g/mol. The lowest BCUT2D eigenvalue weighted by Gasteiger charge is -2.40. The summed E-state index contributed by atoms with van der Waals surface area (Å²) in [6, 6.07) is 6.04. The van der Waals surface area contributed by atoms with Gasteiger partial charge in [-0.3, -0.25) is 0 Å². The molecular weight excluding hydrogens is 230 g/mol. The van der Waals surface area contributed by atoms with E-state index in [4.69, 9.17) is 9.47 Å². The summed E-state index contributed by atoms with van der Waals surface area (Å²) in [5.41, 5.74) is 2.06. The van der Waals surface area contributed by atoms with Crippen LogP contribution in [0.15, 0.2) is 18.2 Å². The first kappa shape index (κ1) is 13.2. The molecule has 0 bridgehead atoms. The van der Waals surface area contributed by atoms with Crippen molar-refractivity contribution >= 4 is 5.69 Å². The van der Waals surface area contributed by atoms with Gasteiger partial charge in [0.1, 0.15) is 5.75 Å². The van der Waals surface area contributed by atoms with E-state index in [9.17, 15) is 5.11 Å². The molecule has 1 aliphatic heterocycles. The second kappa shape index (κ2) is 5.59. The average Bonchev–Trinajstić information content (AvgIpc) is 2.32. The third kappa shape index (κ3) is 2.76. The number of rotatable bonds is 6. The summed E-state index contributed by atoms with van der Waals surface area (Å²) in [6.45, 7) is 6.85. The topological polar surface area (TPSA) is 50.7 Å². The van der Waals surface area contributed by atoms with E-state index in [-0.39, 0.29) is 12.0 Å². The van der Waals surface area contributed by atoms with Crippen LogP contribution in [0.2, 0.25) is 0 Å². The Morgan fingerprint density at radius 1 is 1.44 bits per heavy atom. The molecule has 0 radical (unpaired) electrons. The predicted molar refractivity (Wildman–Crippen MR) is 71.2 cm³/mol. The van der Waals surface area contributed by atoms with Gasteiger partial charge in [0.25, 0.3) is 0 Å². The monoisotopic (exact) mass is 251 g/mol. The first-order valence-electron chi connectivity index (χ1n) is 6.35. The number of aliphatic hydroxyl groups excluding tert-OH is 1. The Labute approximate surface area is 108 Å². The standard InChI is InChI=1S/C14H21NO3/c1-3-18-13-5-4-12(6-11(13)2)15-7-14(8-16)9-17-10-14/h4-6,15-16H,3,7-10H2,1-2H3. The lowest BCUT2D eigenvalue weighted by atomic mass is 9.87. The fourth-order valence-electron chi connectivity index (χ4n) is 2.01. The Hall–Kier alpha value is -1.26. The minimum Gasteiger partial charge on any atom is -0.494 e. The normalized spacial score (nSPS) is 17.1. The number of hydrogen-bond donors (Lipinski definition) is 2. The number of ether oxygens (including phenoxy) is 2. The molecule has 1 fully saturated rings. The summed E-state index contributed by atoms with van der Waals surface area (Å²) in [6.07, 6.45) is 0. The van der Waals surface area contributed by atoms with E-state index in [2.05, 4.69) is 11.4 Å². The van der Waals surface area contributed by atoms with Crippen molar-refractivity contribution in [2.24, 2.45) is 5.41 Å². The Bertz CT molecular complexity index is 397. The highest BCUT2D eigenvalue weighted by molar-refractivity contribution is 5.51. The van der Waals surface area contributed by atoms with Crippen LogP contribution in [0.5, 0.6) is 5.75 Å². The maximum atomic E-state index is 9.34. The van der Waals surface area contributed by atoms with Gasteiger partial charge in [-0.15, -0.1) is 0 Å². The molecule has 4 nitrogen and oxygen atoms in total. The molecule has 0 aromatic heterocycles. The summed E-state index contributed by atoms with van der Waals surface area (Å²) in [5, 5.41) is 12.7. The molecule has 2 N–H and O–H groups in total. The summed E-state index contributed by atoms with van der Waals surface area (Å²) in [7, 11) is 0. The van der Waals surface area contributed by atoms with Gasteiger partial charge in [-0.05, 0) is 37.6 Å². The van der Waals surface area contributed by atoms with Crippen molar-refractivity contribution in [3.63, 3.8) is 0 Å². The summed E-state index contributed by atoms with van der Waals surface area (Å²) < 4.78 is 10.7. The highest BCUT2D eigenvalue weighted by Crippen LogP contribution is 2.28. The van der Waals surface area contributed by atoms with Crippen molar-refractivity contribution in [2.75, 3.05) is 38.3 Å². The number of anilines is 1. The van der Waals surface area contributed by atoms with E-state index in [0.29, 0.717) is 19.8 Å². The number of aliphatic hydroxyl groups is 1. The van der Waals surface area contributed by atoms with Crippen molar-refractivity contribution in [1.82, 2.24) is 0 Å². The fourth-order valence-corrected chi connectivity index (χ4v) is 2.01. The Morgan fingerprint density at radius 3 is 2.72 bits per heavy atom. The van der Waals surface area contributed by atoms with E-state index >= 15 is 0 Å². The SMILES string of the molecule is CCOc1ccc(NCC2(CO)COC2)cc1C. The van der Waals surface area contributed by atoms with Crippen molar-refractivity contribution in [1.29, 1.82) is 0 Å². The molecule has 1 aliphatic rings. The van der Waals surface area contributed by atoms with Gasteiger partial charge in [0.2, 0.25) is 0 Å². The highest BCUT2D eigenvalue weighted by atomic mass is 16.5. The summed E-state index contributed by atoms with van der Waals surface area (Å²) in [5.74, 6) is 0.923. The van der Waals surface area contributed by atoms with Crippen LogP contribution in [0, 0.1) is 12.3 Å². The minimum absolute atomic E-state index is 0.105. The Morgan fingerprint density at radius 2 is 2.22 bits per heavy atom. The van der Waals surface area contributed by atoms with Gasteiger partial charge in [-0.25, -0.2) is 0 Å². The molecule has 0 spiro atoms. The Balaban J connectivity index is 1.95. The molecule has 100 valence electrons. The molecule has 1 saturated heterocycles. The zero-order valence-corrected chi connectivity index (χ0v) is 11.0. The van der Waals surface area contributed by atoms with E-state index in [0.717, 1.165) is 23.5 Å². The molecule has 2 rings (SSSR count). The zero-order valence-electron chi connectivity index (χ0n) is 11.0. The molecule has 0 atom stereocenters. The second-order valence-corrected chi connectivity index (χ2v) is 4.92. The van der Waals surface area contributed by atoms with Crippen LogP contribution in [0.25, 0.3) is 0 Å². The lowest BCUT2D eigenvalue weighted by molar-refractivity contribution is -0.128. The van der Waals surface area contributed by atoms with Crippen LogP contribution < -0.4 is 10.1 Å².